The Hall–Kier alpha value is -3.99. The maximum absolute atomic E-state index is 12.7. The van der Waals surface area contributed by atoms with Gasteiger partial charge in [-0.05, 0) is 31.9 Å². The Kier molecular flexibility index (Phi) is 4.18. The van der Waals surface area contributed by atoms with Crippen LogP contribution in [-0.2, 0) is 18.4 Å². The predicted octanol–water partition coefficient (Wildman–Crippen LogP) is 3.78. The van der Waals surface area contributed by atoms with Crippen molar-refractivity contribution in [1.82, 2.24) is 29.2 Å². The molecule has 164 valence electrons. The van der Waals surface area contributed by atoms with E-state index < -0.39 is 0 Å². The van der Waals surface area contributed by atoms with Gasteiger partial charge >= 0.3 is 0 Å². The summed E-state index contributed by atoms with van der Waals surface area (Å²) in [6.07, 6.45) is 5.80. The van der Waals surface area contributed by atoms with Crippen molar-refractivity contribution in [1.29, 1.82) is 5.26 Å². The SMILES string of the molecule is C[C@@H]1C(=O)N(C)Cc2c(-c3cccc4nc(-c5cnn(C)c5)c(C#N)cc34)nc(C3CC3)n21. The van der Waals surface area contributed by atoms with Crippen LogP contribution in [0.5, 0.6) is 0 Å². The second kappa shape index (κ2) is 7.01. The van der Waals surface area contributed by atoms with Crippen LogP contribution in [0.25, 0.3) is 33.4 Å². The Bertz CT molecular complexity index is 1480. The summed E-state index contributed by atoms with van der Waals surface area (Å²) < 4.78 is 3.85. The molecule has 1 aromatic carbocycles. The Morgan fingerprint density at radius 3 is 2.67 bits per heavy atom. The number of hydrogen-bond acceptors (Lipinski definition) is 5. The quantitative estimate of drug-likeness (QED) is 0.486. The number of imidazole rings is 1. The number of aryl methyl sites for hydroxylation is 1. The standard InChI is InChI=1S/C25H23N7O/c1-14-25(33)30(2)13-21-23(29-24(32(14)21)15-7-8-15)18-5-4-6-20-19(18)9-16(10-26)22(28-20)17-11-27-31(3)12-17/h4-6,9,11-12,14-15H,7-8,13H2,1-3H3/t14-/m1/s1. The molecule has 1 aliphatic carbocycles. The molecule has 1 fully saturated rings. The first kappa shape index (κ1) is 19.7. The van der Waals surface area contributed by atoms with Gasteiger partial charge in [0.15, 0.2) is 0 Å². The Balaban J connectivity index is 1.59. The summed E-state index contributed by atoms with van der Waals surface area (Å²) in [6.45, 7) is 2.47. The number of nitriles is 1. The van der Waals surface area contributed by atoms with Crippen molar-refractivity contribution in [3.8, 4) is 28.6 Å². The van der Waals surface area contributed by atoms with Crippen LogP contribution in [0.15, 0.2) is 36.7 Å². The van der Waals surface area contributed by atoms with Crippen LogP contribution in [-0.4, -0.2) is 42.2 Å². The zero-order chi connectivity index (χ0) is 22.9. The highest BCUT2D eigenvalue weighted by Crippen LogP contribution is 2.45. The van der Waals surface area contributed by atoms with Crippen LogP contribution < -0.4 is 0 Å². The predicted molar refractivity (Wildman–Crippen MR) is 123 cm³/mol. The molecule has 0 bridgehead atoms. The number of benzene rings is 1. The second-order valence-electron chi connectivity index (χ2n) is 9.05. The number of fused-ring (bicyclic) bond motifs is 2. The fraction of sp³-hybridized carbons (Fsp3) is 0.320. The van der Waals surface area contributed by atoms with E-state index in [0.717, 1.165) is 52.1 Å². The molecule has 0 spiro atoms. The van der Waals surface area contributed by atoms with E-state index in [1.165, 1.54) is 0 Å². The van der Waals surface area contributed by atoms with Crippen molar-refractivity contribution in [3.05, 3.63) is 53.7 Å². The van der Waals surface area contributed by atoms with E-state index in [2.05, 4.69) is 15.7 Å². The van der Waals surface area contributed by atoms with Gasteiger partial charge in [-0.15, -0.1) is 0 Å². The first-order valence-electron chi connectivity index (χ1n) is 11.2. The van der Waals surface area contributed by atoms with E-state index in [1.54, 1.807) is 15.8 Å². The van der Waals surface area contributed by atoms with Crippen molar-refractivity contribution in [2.45, 2.75) is 38.3 Å². The largest absolute Gasteiger partial charge is 0.338 e. The second-order valence-corrected chi connectivity index (χ2v) is 9.05. The molecule has 8 heteroatoms. The van der Waals surface area contributed by atoms with E-state index in [-0.39, 0.29) is 11.9 Å². The molecule has 1 atom stereocenters. The number of aromatic nitrogens is 5. The lowest BCUT2D eigenvalue weighted by Crippen LogP contribution is -2.39. The maximum Gasteiger partial charge on any atom is 0.245 e. The third-order valence-electron chi connectivity index (χ3n) is 6.70. The molecular weight excluding hydrogens is 414 g/mol. The zero-order valence-corrected chi connectivity index (χ0v) is 18.8. The van der Waals surface area contributed by atoms with E-state index in [9.17, 15) is 10.1 Å². The molecule has 8 nitrogen and oxygen atoms in total. The highest BCUT2D eigenvalue weighted by atomic mass is 16.2. The Morgan fingerprint density at radius 1 is 1.15 bits per heavy atom. The molecule has 6 rings (SSSR count). The van der Waals surface area contributed by atoms with Gasteiger partial charge in [0.1, 0.15) is 17.9 Å². The van der Waals surface area contributed by atoms with Crippen molar-refractivity contribution < 1.29 is 4.79 Å². The summed E-state index contributed by atoms with van der Waals surface area (Å²) in [5, 5.41) is 15.0. The summed E-state index contributed by atoms with van der Waals surface area (Å²) in [7, 11) is 3.69. The first-order chi connectivity index (χ1) is 16.0. The van der Waals surface area contributed by atoms with Crippen LogP contribution in [0.1, 0.15) is 48.8 Å². The number of amides is 1. The lowest BCUT2D eigenvalue weighted by atomic mass is 9.99. The number of pyridine rings is 1. The van der Waals surface area contributed by atoms with Crippen LogP contribution in [0.4, 0.5) is 0 Å². The number of carbonyl (C=O) groups is 1. The van der Waals surface area contributed by atoms with Crippen molar-refractivity contribution in [2.75, 3.05) is 7.05 Å². The minimum absolute atomic E-state index is 0.112. The molecular formula is C25H23N7O. The molecule has 1 amide bonds. The summed E-state index contributed by atoms with van der Waals surface area (Å²) in [6, 6.07) is 9.93. The molecule has 3 aromatic heterocycles. The van der Waals surface area contributed by atoms with Gasteiger partial charge in [0, 0.05) is 42.7 Å². The van der Waals surface area contributed by atoms with Gasteiger partial charge in [0.2, 0.25) is 5.91 Å². The third-order valence-corrected chi connectivity index (χ3v) is 6.70. The van der Waals surface area contributed by atoms with Gasteiger partial charge in [-0.2, -0.15) is 10.4 Å². The molecule has 4 heterocycles. The molecule has 1 saturated carbocycles. The smallest absolute Gasteiger partial charge is 0.245 e. The lowest BCUT2D eigenvalue weighted by Gasteiger charge is -2.31. The topological polar surface area (TPSA) is 92.6 Å². The number of carbonyl (C=O) groups excluding carboxylic acids is 1. The van der Waals surface area contributed by atoms with Crippen molar-refractivity contribution >= 4 is 16.8 Å². The summed E-state index contributed by atoms with van der Waals surface area (Å²) in [4.78, 5) is 24.4. The average molecular weight is 438 g/mol. The summed E-state index contributed by atoms with van der Waals surface area (Å²) >= 11 is 0. The normalized spacial score (nSPS) is 17.9. The summed E-state index contributed by atoms with van der Waals surface area (Å²) in [5.74, 6) is 1.53. The van der Waals surface area contributed by atoms with Crippen LogP contribution in [0.2, 0.25) is 0 Å². The first-order valence-corrected chi connectivity index (χ1v) is 11.2. The molecule has 0 saturated heterocycles. The fourth-order valence-corrected chi connectivity index (χ4v) is 4.90. The van der Waals surface area contributed by atoms with E-state index >= 15 is 0 Å². The van der Waals surface area contributed by atoms with Gasteiger partial charge < -0.3 is 9.47 Å². The molecule has 33 heavy (non-hydrogen) atoms. The highest BCUT2D eigenvalue weighted by molar-refractivity contribution is 5.97. The lowest BCUT2D eigenvalue weighted by molar-refractivity contribution is -0.135. The van der Waals surface area contributed by atoms with Gasteiger partial charge in [-0.3, -0.25) is 9.48 Å². The number of hydrogen-bond donors (Lipinski definition) is 0. The maximum atomic E-state index is 12.7. The van der Waals surface area contributed by atoms with Crippen molar-refractivity contribution in [3.63, 3.8) is 0 Å². The molecule has 0 unspecified atom stereocenters. The minimum atomic E-state index is -0.268. The monoisotopic (exact) mass is 437 g/mol. The van der Waals surface area contributed by atoms with Crippen molar-refractivity contribution in [2.24, 2.45) is 7.05 Å². The van der Waals surface area contributed by atoms with Gasteiger partial charge in [-0.25, -0.2) is 9.97 Å². The van der Waals surface area contributed by atoms with Gasteiger partial charge in [0.05, 0.1) is 40.9 Å². The van der Waals surface area contributed by atoms with E-state index in [1.807, 2.05) is 51.5 Å². The van der Waals surface area contributed by atoms with E-state index in [4.69, 9.17) is 9.97 Å². The van der Waals surface area contributed by atoms with Crippen LogP contribution >= 0.6 is 0 Å². The molecule has 2 aliphatic rings. The number of rotatable bonds is 3. The molecule has 0 radical (unpaired) electrons. The van der Waals surface area contributed by atoms with E-state index in [0.29, 0.717) is 23.7 Å². The molecule has 1 aliphatic heterocycles. The molecule has 0 N–H and O–H groups in total. The fourth-order valence-electron chi connectivity index (χ4n) is 4.90. The minimum Gasteiger partial charge on any atom is -0.338 e. The Morgan fingerprint density at radius 2 is 1.97 bits per heavy atom. The number of nitrogens with zero attached hydrogens (tertiary/aromatic N) is 7. The van der Waals surface area contributed by atoms with Crippen LogP contribution in [0.3, 0.4) is 0 Å². The average Bonchev–Trinajstić information content (AvgIpc) is 3.47. The van der Waals surface area contributed by atoms with Crippen LogP contribution in [0, 0.1) is 11.3 Å². The number of likely N-dealkylation sites (N-methyl/N-ethyl adjacent to an activating group) is 1. The molecule has 4 aromatic rings. The zero-order valence-electron chi connectivity index (χ0n) is 18.8. The highest BCUT2D eigenvalue weighted by Gasteiger charge is 2.38. The third kappa shape index (κ3) is 2.96. The van der Waals surface area contributed by atoms with Gasteiger partial charge in [0.25, 0.3) is 0 Å². The Labute approximate surface area is 191 Å². The van der Waals surface area contributed by atoms with Gasteiger partial charge in [-0.1, -0.05) is 12.1 Å². The summed E-state index contributed by atoms with van der Waals surface area (Å²) in [5.41, 5.74) is 5.61.